The second kappa shape index (κ2) is 5.51. The zero-order valence-electron chi connectivity index (χ0n) is 14.4. The molecule has 2 heteroatoms. The van der Waals surface area contributed by atoms with Crippen molar-refractivity contribution in [2.24, 2.45) is 7.05 Å². The van der Waals surface area contributed by atoms with Gasteiger partial charge in [0, 0.05) is 22.8 Å². The Morgan fingerprint density at radius 2 is 1.64 bits per heavy atom. The van der Waals surface area contributed by atoms with Crippen molar-refractivity contribution in [2.45, 2.75) is 41.0 Å². The van der Waals surface area contributed by atoms with E-state index in [2.05, 4.69) is 70.5 Å². The maximum Gasteiger partial charge on any atom is 0.226 e. The molecule has 2 heterocycles. The molecule has 0 saturated heterocycles. The first-order valence-electron chi connectivity index (χ1n) is 7.94. The third kappa shape index (κ3) is 2.09. The van der Waals surface area contributed by atoms with E-state index in [4.69, 9.17) is 0 Å². The van der Waals surface area contributed by atoms with Crippen LogP contribution in [0.1, 0.15) is 34.9 Å². The first kappa shape index (κ1) is 15.2. The molecule has 1 aromatic carbocycles. The number of aryl methyl sites for hydroxylation is 1. The van der Waals surface area contributed by atoms with Gasteiger partial charge in [0.15, 0.2) is 5.69 Å². The topological polar surface area (TPSA) is 3.88 Å². The van der Waals surface area contributed by atoms with Crippen LogP contribution < -0.4 is 4.57 Å². The summed E-state index contributed by atoms with van der Waals surface area (Å²) in [5.41, 5.74) is 8.53. The van der Waals surface area contributed by atoms with Gasteiger partial charge in [-0.3, -0.25) is 0 Å². The molecule has 0 aliphatic heterocycles. The lowest BCUT2D eigenvalue weighted by Crippen LogP contribution is -2.37. The summed E-state index contributed by atoms with van der Waals surface area (Å²) in [4.78, 5) is 1.42. The highest BCUT2D eigenvalue weighted by atomic mass is 32.1. The fraction of sp³-hybridized carbons (Fsp3) is 0.350. The van der Waals surface area contributed by atoms with Crippen LogP contribution in [-0.2, 0) is 13.5 Å². The molecule has 114 valence electrons. The molecular formula is C20H24NS+. The summed E-state index contributed by atoms with van der Waals surface area (Å²) in [5.74, 6) is 0. The van der Waals surface area contributed by atoms with Gasteiger partial charge >= 0.3 is 0 Å². The lowest BCUT2D eigenvalue weighted by atomic mass is 9.96. The molecule has 0 amide bonds. The molecule has 0 aliphatic carbocycles. The molecule has 0 bridgehead atoms. The zero-order chi connectivity index (χ0) is 16.0. The molecule has 0 aliphatic rings. The predicted molar refractivity (Wildman–Crippen MR) is 96.8 cm³/mol. The van der Waals surface area contributed by atoms with Gasteiger partial charge in [-0.05, 0) is 49.8 Å². The lowest BCUT2D eigenvalue weighted by molar-refractivity contribution is -0.667. The van der Waals surface area contributed by atoms with Crippen LogP contribution in [0.15, 0.2) is 24.3 Å². The highest BCUT2D eigenvalue weighted by Crippen LogP contribution is 2.39. The van der Waals surface area contributed by atoms with Crippen LogP contribution in [0, 0.1) is 27.7 Å². The Kier molecular flexibility index (Phi) is 3.82. The Labute approximate surface area is 137 Å². The van der Waals surface area contributed by atoms with E-state index < -0.39 is 0 Å². The molecule has 0 fully saturated rings. The van der Waals surface area contributed by atoms with Crippen molar-refractivity contribution in [3.05, 3.63) is 52.2 Å². The second-order valence-corrected chi connectivity index (χ2v) is 7.18. The van der Waals surface area contributed by atoms with Gasteiger partial charge in [0.05, 0.1) is 0 Å². The number of benzene rings is 1. The van der Waals surface area contributed by atoms with Crippen LogP contribution in [-0.4, -0.2) is 0 Å². The summed E-state index contributed by atoms with van der Waals surface area (Å²) < 4.78 is 3.77. The third-order valence-electron chi connectivity index (χ3n) is 5.09. The molecule has 22 heavy (non-hydrogen) atoms. The van der Waals surface area contributed by atoms with E-state index in [1.807, 2.05) is 11.3 Å². The van der Waals surface area contributed by atoms with E-state index in [1.165, 1.54) is 48.6 Å². The van der Waals surface area contributed by atoms with Gasteiger partial charge in [-0.1, -0.05) is 25.1 Å². The van der Waals surface area contributed by atoms with E-state index in [0.29, 0.717) is 0 Å². The van der Waals surface area contributed by atoms with Crippen molar-refractivity contribution >= 4 is 21.4 Å². The smallest absolute Gasteiger partial charge is 0.197 e. The third-order valence-corrected chi connectivity index (χ3v) is 6.37. The molecule has 0 saturated carbocycles. The normalized spacial score (nSPS) is 11.4. The molecule has 0 radical (unpaired) electrons. The number of aromatic nitrogens is 1. The van der Waals surface area contributed by atoms with Crippen molar-refractivity contribution in [1.29, 1.82) is 0 Å². The van der Waals surface area contributed by atoms with Gasteiger partial charge in [0.1, 0.15) is 11.9 Å². The highest BCUT2D eigenvalue weighted by Gasteiger charge is 2.26. The minimum Gasteiger partial charge on any atom is -0.197 e. The first-order chi connectivity index (χ1) is 10.5. The molecule has 0 atom stereocenters. The summed E-state index contributed by atoms with van der Waals surface area (Å²) in [6.07, 6.45) is 1.07. The summed E-state index contributed by atoms with van der Waals surface area (Å²) in [7, 11) is 2.21. The maximum absolute atomic E-state index is 2.39. The average Bonchev–Trinajstić information content (AvgIpc) is 2.86. The second-order valence-electron chi connectivity index (χ2n) is 6.13. The van der Waals surface area contributed by atoms with E-state index in [0.717, 1.165) is 6.42 Å². The van der Waals surface area contributed by atoms with Gasteiger partial charge in [0.2, 0.25) is 5.69 Å². The van der Waals surface area contributed by atoms with Crippen molar-refractivity contribution < 1.29 is 4.57 Å². The molecule has 2 aromatic heterocycles. The fourth-order valence-electron chi connectivity index (χ4n) is 3.42. The van der Waals surface area contributed by atoms with Crippen LogP contribution in [0.4, 0.5) is 0 Å². The molecule has 0 spiro atoms. The van der Waals surface area contributed by atoms with E-state index in [9.17, 15) is 0 Å². The summed E-state index contributed by atoms with van der Waals surface area (Å²) >= 11 is 1.92. The first-order valence-corrected chi connectivity index (χ1v) is 8.76. The van der Waals surface area contributed by atoms with Gasteiger partial charge < -0.3 is 0 Å². The Morgan fingerprint density at radius 3 is 2.27 bits per heavy atom. The van der Waals surface area contributed by atoms with E-state index >= 15 is 0 Å². The van der Waals surface area contributed by atoms with Gasteiger partial charge in [0.25, 0.3) is 0 Å². The summed E-state index contributed by atoms with van der Waals surface area (Å²) in [6.45, 7) is 11.3. The minimum atomic E-state index is 1.07. The van der Waals surface area contributed by atoms with Crippen LogP contribution in [0.3, 0.4) is 0 Å². The van der Waals surface area contributed by atoms with Crippen molar-refractivity contribution in [1.82, 2.24) is 0 Å². The number of nitrogens with zero attached hydrogens (tertiary/aromatic N) is 1. The number of fused-ring (bicyclic) bond motifs is 1. The standard InChI is InChI=1S/C20H24NS/c1-7-16-13(3)12(2)15(5)21(6)19(16)20-14(4)17-10-8-9-11-18(17)22-20/h8-11H,7H2,1-6H3/q+1. The largest absolute Gasteiger partial charge is 0.226 e. The number of rotatable bonds is 2. The van der Waals surface area contributed by atoms with Gasteiger partial charge in [-0.25, -0.2) is 0 Å². The Hall–Kier alpha value is -1.67. The monoisotopic (exact) mass is 310 g/mol. The summed E-state index contributed by atoms with van der Waals surface area (Å²) in [5, 5.41) is 1.39. The number of hydrogen-bond acceptors (Lipinski definition) is 1. The van der Waals surface area contributed by atoms with Crippen LogP contribution in [0.5, 0.6) is 0 Å². The fourth-order valence-corrected chi connectivity index (χ4v) is 4.74. The SMILES string of the molecule is CCc1c(C)c(C)c(C)[n+](C)c1-c1sc2ccccc2c1C. The number of thiophene rings is 1. The Balaban J connectivity index is 2.42. The van der Waals surface area contributed by atoms with Gasteiger partial charge in [-0.2, -0.15) is 4.57 Å². The molecule has 3 rings (SSSR count). The van der Waals surface area contributed by atoms with Crippen molar-refractivity contribution in [2.75, 3.05) is 0 Å². The molecule has 0 unspecified atom stereocenters. The van der Waals surface area contributed by atoms with Crippen LogP contribution >= 0.6 is 11.3 Å². The van der Waals surface area contributed by atoms with Gasteiger partial charge in [-0.15, -0.1) is 11.3 Å². The minimum absolute atomic E-state index is 1.07. The predicted octanol–water partition coefficient (Wildman–Crippen LogP) is 5.19. The summed E-state index contributed by atoms with van der Waals surface area (Å²) in [6, 6.07) is 8.74. The highest BCUT2D eigenvalue weighted by molar-refractivity contribution is 7.22. The molecule has 1 nitrogen and oxygen atoms in total. The van der Waals surface area contributed by atoms with Crippen LogP contribution in [0.25, 0.3) is 20.7 Å². The number of pyridine rings is 1. The van der Waals surface area contributed by atoms with E-state index in [1.54, 1.807) is 0 Å². The maximum atomic E-state index is 2.39. The van der Waals surface area contributed by atoms with Crippen molar-refractivity contribution in [3.8, 4) is 10.6 Å². The zero-order valence-corrected chi connectivity index (χ0v) is 15.2. The molecule has 0 N–H and O–H groups in total. The quantitative estimate of drug-likeness (QED) is 0.574. The van der Waals surface area contributed by atoms with Crippen LogP contribution in [0.2, 0.25) is 0 Å². The van der Waals surface area contributed by atoms with E-state index in [-0.39, 0.29) is 0 Å². The number of hydrogen-bond donors (Lipinski definition) is 0. The Bertz CT molecular complexity index is 871. The Morgan fingerprint density at radius 1 is 0.955 bits per heavy atom. The molecular weight excluding hydrogens is 286 g/mol. The van der Waals surface area contributed by atoms with Crippen molar-refractivity contribution in [3.63, 3.8) is 0 Å². The molecule has 3 aromatic rings. The average molecular weight is 310 g/mol. The lowest BCUT2D eigenvalue weighted by Gasteiger charge is -2.14.